The summed E-state index contributed by atoms with van der Waals surface area (Å²) in [4.78, 5) is 15.7. The van der Waals surface area contributed by atoms with Crippen molar-refractivity contribution in [3.05, 3.63) is 51.5 Å². The second-order valence-electron chi connectivity index (χ2n) is 4.11. The van der Waals surface area contributed by atoms with Gasteiger partial charge < -0.3 is 9.84 Å². The van der Waals surface area contributed by atoms with Gasteiger partial charge in [0.15, 0.2) is 0 Å². The number of carbonyl (C=O) groups is 1. The van der Waals surface area contributed by atoms with Gasteiger partial charge in [-0.05, 0) is 12.0 Å². The molecule has 5 heteroatoms. The third kappa shape index (κ3) is 3.62. The molecule has 0 fully saturated rings. The number of carboxylic acids is 1. The Morgan fingerprint density at radius 3 is 2.68 bits per heavy atom. The molecule has 19 heavy (non-hydrogen) atoms. The van der Waals surface area contributed by atoms with E-state index in [-0.39, 0.29) is 11.5 Å². The summed E-state index contributed by atoms with van der Waals surface area (Å²) in [5.41, 5.74) is 1.74. The summed E-state index contributed by atoms with van der Waals surface area (Å²) in [7, 11) is 1.54. The van der Waals surface area contributed by atoms with E-state index in [2.05, 4.69) is 17.1 Å². The highest BCUT2D eigenvalue weighted by Crippen LogP contribution is 2.21. The lowest BCUT2D eigenvalue weighted by molar-refractivity contribution is 0.0697. The van der Waals surface area contributed by atoms with Gasteiger partial charge in [-0.15, -0.1) is 11.3 Å². The molecule has 2 rings (SSSR count). The lowest BCUT2D eigenvalue weighted by Gasteiger charge is -1.97. The molecule has 0 amide bonds. The molecule has 1 aromatic carbocycles. The van der Waals surface area contributed by atoms with Crippen molar-refractivity contribution in [1.29, 1.82) is 0 Å². The maximum absolute atomic E-state index is 11.1. The quantitative estimate of drug-likeness (QED) is 0.882. The van der Waals surface area contributed by atoms with Crippen molar-refractivity contribution < 1.29 is 14.6 Å². The molecule has 1 aromatic heterocycles. The first kappa shape index (κ1) is 13.7. The molecule has 0 bridgehead atoms. The third-order valence-corrected chi connectivity index (χ3v) is 3.83. The van der Waals surface area contributed by atoms with Crippen molar-refractivity contribution in [2.75, 3.05) is 7.11 Å². The molecule has 0 saturated carbocycles. The van der Waals surface area contributed by atoms with Crippen molar-refractivity contribution in [2.45, 2.75) is 19.4 Å². The first-order valence-corrected chi connectivity index (χ1v) is 6.77. The van der Waals surface area contributed by atoms with E-state index in [1.165, 1.54) is 24.0 Å². The number of carboxylic acid groups (broad SMARTS) is 1. The Labute approximate surface area is 115 Å². The lowest BCUT2D eigenvalue weighted by atomic mass is 10.1. The maximum atomic E-state index is 11.1. The molecule has 0 aliphatic carbocycles. The van der Waals surface area contributed by atoms with Crippen molar-refractivity contribution >= 4 is 17.3 Å². The number of methoxy groups -OCH3 is 1. The van der Waals surface area contributed by atoms with Gasteiger partial charge in [0.1, 0.15) is 4.88 Å². The predicted octanol–water partition coefficient (Wildman–Crippen LogP) is 2.77. The van der Waals surface area contributed by atoms with E-state index < -0.39 is 5.97 Å². The van der Waals surface area contributed by atoms with Gasteiger partial charge in [-0.1, -0.05) is 30.3 Å². The van der Waals surface area contributed by atoms with E-state index >= 15 is 0 Å². The maximum Gasteiger partial charge on any atom is 0.347 e. The molecule has 0 spiro atoms. The van der Waals surface area contributed by atoms with Gasteiger partial charge in [-0.2, -0.15) is 0 Å². The van der Waals surface area contributed by atoms with Crippen molar-refractivity contribution in [3.63, 3.8) is 0 Å². The zero-order valence-electron chi connectivity index (χ0n) is 10.6. The normalized spacial score (nSPS) is 10.6. The van der Waals surface area contributed by atoms with E-state index in [0.717, 1.165) is 17.8 Å². The van der Waals surface area contributed by atoms with E-state index in [4.69, 9.17) is 9.84 Å². The molecule has 1 heterocycles. The molecule has 4 nitrogen and oxygen atoms in total. The Hall–Kier alpha value is -1.72. The Morgan fingerprint density at radius 2 is 2.05 bits per heavy atom. The van der Waals surface area contributed by atoms with Gasteiger partial charge in [0.2, 0.25) is 0 Å². The summed E-state index contributed by atoms with van der Waals surface area (Å²) in [6.07, 6.45) is 1.61. The number of thiazole rings is 1. The van der Waals surface area contributed by atoms with Crippen LogP contribution < -0.4 is 0 Å². The standard InChI is InChI=1S/C14H15NO3S/c1-18-9-11-13(14(16)17)19-12(15-11)8-7-10-5-3-2-4-6-10/h2-6H,7-9H2,1H3,(H,16,17). The number of aryl methyl sites for hydroxylation is 2. The minimum atomic E-state index is -0.935. The molecule has 100 valence electrons. The van der Waals surface area contributed by atoms with Crippen LogP contribution in [0.5, 0.6) is 0 Å². The number of aromatic carboxylic acids is 1. The molecule has 0 saturated heterocycles. The number of aromatic nitrogens is 1. The molecule has 0 aliphatic rings. The highest BCUT2D eigenvalue weighted by Gasteiger charge is 2.16. The van der Waals surface area contributed by atoms with E-state index in [1.54, 1.807) is 0 Å². The Balaban J connectivity index is 2.08. The van der Waals surface area contributed by atoms with Crippen LogP contribution in [0, 0.1) is 0 Å². The lowest BCUT2D eigenvalue weighted by Crippen LogP contribution is -1.99. The van der Waals surface area contributed by atoms with Crippen LogP contribution in [-0.2, 0) is 24.2 Å². The number of rotatable bonds is 6. The largest absolute Gasteiger partial charge is 0.477 e. The smallest absolute Gasteiger partial charge is 0.347 e. The zero-order chi connectivity index (χ0) is 13.7. The summed E-state index contributed by atoms with van der Waals surface area (Å²) in [6, 6.07) is 10.1. The minimum Gasteiger partial charge on any atom is -0.477 e. The van der Waals surface area contributed by atoms with Crippen LogP contribution in [-0.4, -0.2) is 23.2 Å². The fourth-order valence-electron chi connectivity index (χ4n) is 1.81. The van der Waals surface area contributed by atoms with Gasteiger partial charge in [0.25, 0.3) is 0 Å². The molecular weight excluding hydrogens is 262 g/mol. The number of ether oxygens (including phenoxy) is 1. The van der Waals surface area contributed by atoms with Crippen LogP contribution in [0.4, 0.5) is 0 Å². The summed E-state index contributed by atoms with van der Waals surface area (Å²) in [5.74, 6) is -0.935. The SMILES string of the molecule is COCc1nc(CCc2ccccc2)sc1C(=O)O. The molecule has 0 aliphatic heterocycles. The molecule has 1 N–H and O–H groups in total. The topological polar surface area (TPSA) is 59.4 Å². The van der Waals surface area contributed by atoms with Crippen molar-refractivity contribution in [3.8, 4) is 0 Å². The van der Waals surface area contributed by atoms with Crippen LogP contribution in [0.25, 0.3) is 0 Å². The Bertz CT molecular complexity index is 551. The molecule has 0 unspecified atom stereocenters. The number of hydrogen-bond donors (Lipinski definition) is 1. The number of nitrogens with zero attached hydrogens (tertiary/aromatic N) is 1. The Morgan fingerprint density at radius 1 is 1.32 bits per heavy atom. The molecule has 0 radical (unpaired) electrons. The van der Waals surface area contributed by atoms with Crippen molar-refractivity contribution in [1.82, 2.24) is 4.98 Å². The molecule has 2 aromatic rings. The average Bonchev–Trinajstić information content (AvgIpc) is 2.81. The van der Waals surface area contributed by atoms with Gasteiger partial charge in [-0.25, -0.2) is 9.78 Å². The van der Waals surface area contributed by atoms with E-state index in [1.807, 2.05) is 18.2 Å². The zero-order valence-corrected chi connectivity index (χ0v) is 11.4. The highest BCUT2D eigenvalue weighted by molar-refractivity contribution is 7.13. The van der Waals surface area contributed by atoms with E-state index in [0.29, 0.717) is 5.69 Å². The predicted molar refractivity (Wildman–Crippen MR) is 73.6 cm³/mol. The third-order valence-electron chi connectivity index (χ3n) is 2.69. The Kier molecular flexibility index (Phi) is 4.65. The summed E-state index contributed by atoms with van der Waals surface area (Å²) < 4.78 is 4.98. The van der Waals surface area contributed by atoms with Crippen LogP contribution in [0.3, 0.4) is 0 Å². The van der Waals surface area contributed by atoms with Gasteiger partial charge in [0.05, 0.1) is 17.3 Å². The summed E-state index contributed by atoms with van der Waals surface area (Å²) >= 11 is 1.24. The van der Waals surface area contributed by atoms with Crippen LogP contribution in [0.2, 0.25) is 0 Å². The monoisotopic (exact) mass is 277 g/mol. The fraction of sp³-hybridized carbons (Fsp3) is 0.286. The van der Waals surface area contributed by atoms with Crippen LogP contribution in [0.1, 0.15) is 25.9 Å². The van der Waals surface area contributed by atoms with Gasteiger partial charge in [-0.3, -0.25) is 0 Å². The number of hydrogen-bond acceptors (Lipinski definition) is 4. The average molecular weight is 277 g/mol. The second kappa shape index (κ2) is 6.45. The van der Waals surface area contributed by atoms with Gasteiger partial charge >= 0.3 is 5.97 Å². The summed E-state index contributed by atoms with van der Waals surface area (Å²) in [5, 5.41) is 9.95. The first-order valence-electron chi connectivity index (χ1n) is 5.95. The number of benzene rings is 1. The van der Waals surface area contributed by atoms with E-state index in [9.17, 15) is 4.79 Å². The van der Waals surface area contributed by atoms with Crippen LogP contribution >= 0.6 is 11.3 Å². The molecular formula is C14H15NO3S. The van der Waals surface area contributed by atoms with Crippen LogP contribution in [0.15, 0.2) is 30.3 Å². The highest BCUT2D eigenvalue weighted by atomic mass is 32.1. The van der Waals surface area contributed by atoms with Crippen molar-refractivity contribution in [2.24, 2.45) is 0 Å². The second-order valence-corrected chi connectivity index (χ2v) is 5.19. The molecule has 0 atom stereocenters. The fourth-order valence-corrected chi connectivity index (χ4v) is 2.71. The minimum absolute atomic E-state index is 0.240. The van der Waals surface area contributed by atoms with Gasteiger partial charge in [0, 0.05) is 13.5 Å². The first-order chi connectivity index (χ1) is 9.20. The summed E-state index contributed by atoms with van der Waals surface area (Å²) in [6.45, 7) is 0.240.